The van der Waals surface area contributed by atoms with Gasteiger partial charge < -0.3 is 0 Å². The van der Waals surface area contributed by atoms with Crippen molar-refractivity contribution in [1.29, 1.82) is 0 Å². The van der Waals surface area contributed by atoms with E-state index in [9.17, 15) is 8.78 Å². The van der Waals surface area contributed by atoms with E-state index < -0.39 is 5.82 Å². The van der Waals surface area contributed by atoms with Gasteiger partial charge in [0, 0.05) is 0 Å². The van der Waals surface area contributed by atoms with Crippen LogP contribution < -0.4 is 0 Å². The molecule has 2 rings (SSSR count). The number of alkyl halides is 1. The van der Waals surface area contributed by atoms with Gasteiger partial charge in [-0.2, -0.15) is 0 Å². The molecule has 1 aliphatic carbocycles. The summed E-state index contributed by atoms with van der Waals surface area (Å²) in [6.45, 7) is 4.30. The molecule has 1 unspecified atom stereocenters. The molecule has 0 aliphatic heterocycles. The molecule has 0 spiro atoms. The first kappa shape index (κ1) is 13.5. The number of hydrogen-bond donors (Lipinski definition) is 0. The van der Waals surface area contributed by atoms with Crippen molar-refractivity contribution in [2.75, 3.05) is 0 Å². The Balaban J connectivity index is 2.21. The molecule has 0 N–H and O–H groups in total. The van der Waals surface area contributed by atoms with Crippen LogP contribution in [-0.2, 0) is 6.42 Å². The van der Waals surface area contributed by atoms with Crippen LogP contribution in [0, 0.1) is 17.0 Å². The van der Waals surface area contributed by atoms with Gasteiger partial charge in [-0.3, -0.25) is 0 Å². The molecule has 0 fully saturated rings. The van der Waals surface area contributed by atoms with E-state index in [0.29, 0.717) is 12.0 Å². The van der Waals surface area contributed by atoms with Crippen molar-refractivity contribution in [3.05, 3.63) is 47.0 Å². The van der Waals surface area contributed by atoms with E-state index in [-0.39, 0.29) is 16.6 Å². The molecular weight excluding hydrogens is 254 g/mol. The molecule has 0 bridgehead atoms. The second-order valence-corrected chi connectivity index (χ2v) is 6.36. The highest BCUT2D eigenvalue weighted by atomic mass is 35.5. The van der Waals surface area contributed by atoms with Crippen LogP contribution >= 0.6 is 11.6 Å². The van der Waals surface area contributed by atoms with Crippen molar-refractivity contribution in [3.63, 3.8) is 0 Å². The predicted octanol–water partition coefficient (Wildman–Crippen LogP) is 4.86. The van der Waals surface area contributed by atoms with Crippen LogP contribution in [0.1, 0.15) is 32.3 Å². The fourth-order valence-electron chi connectivity index (χ4n) is 2.63. The summed E-state index contributed by atoms with van der Waals surface area (Å²) in [4.78, 5) is 0. The van der Waals surface area contributed by atoms with Gasteiger partial charge in [0.25, 0.3) is 0 Å². The predicted molar refractivity (Wildman–Crippen MR) is 70.8 cm³/mol. The Kier molecular flexibility index (Phi) is 3.76. The summed E-state index contributed by atoms with van der Waals surface area (Å²) in [5.74, 6) is -0.753. The van der Waals surface area contributed by atoms with Crippen LogP contribution in [0.2, 0.25) is 0 Å². The van der Waals surface area contributed by atoms with E-state index >= 15 is 0 Å². The lowest BCUT2D eigenvalue weighted by Crippen LogP contribution is -2.23. The fraction of sp³-hybridized carbons (Fsp3) is 0.467. The van der Waals surface area contributed by atoms with Gasteiger partial charge in [0.1, 0.15) is 11.6 Å². The Morgan fingerprint density at radius 2 is 2.06 bits per heavy atom. The normalized spacial score (nSPS) is 22.7. The van der Waals surface area contributed by atoms with Crippen LogP contribution in [0.25, 0.3) is 0 Å². The van der Waals surface area contributed by atoms with E-state index in [1.165, 1.54) is 12.1 Å². The van der Waals surface area contributed by atoms with Crippen molar-refractivity contribution < 1.29 is 8.78 Å². The molecule has 1 aromatic rings. The van der Waals surface area contributed by atoms with E-state index in [1.54, 1.807) is 0 Å². The van der Waals surface area contributed by atoms with E-state index in [2.05, 4.69) is 13.8 Å². The maximum absolute atomic E-state index is 13.6. The van der Waals surface area contributed by atoms with Crippen molar-refractivity contribution in [2.45, 2.75) is 38.5 Å². The molecule has 1 aliphatic rings. The minimum atomic E-state index is -0.399. The smallest absolute Gasteiger partial charge is 0.126 e. The second-order valence-electron chi connectivity index (χ2n) is 5.80. The molecule has 3 heteroatoms. The molecule has 0 aromatic heterocycles. The minimum Gasteiger partial charge on any atom is -0.207 e. The second kappa shape index (κ2) is 5.00. The molecule has 18 heavy (non-hydrogen) atoms. The molecule has 98 valence electrons. The van der Waals surface area contributed by atoms with Gasteiger partial charge in [-0.05, 0) is 48.4 Å². The molecule has 0 radical (unpaired) electrons. The number of benzene rings is 1. The molecule has 1 atom stereocenters. The maximum atomic E-state index is 13.6. The van der Waals surface area contributed by atoms with Crippen molar-refractivity contribution in [1.82, 2.24) is 0 Å². The standard InChI is InChI=1S/C15H17ClF2/c1-15(2)8-10(6-12(16)9-15)5-11-7-13(17)3-4-14(11)18/h3-4,6-7,12H,5,8-9H2,1-2H3. The van der Waals surface area contributed by atoms with Crippen LogP contribution in [0.3, 0.4) is 0 Å². The van der Waals surface area contributed by atoms with Gasteiger partial charge in [-0.25, -0.2) is 8.78 Å². The third kappa shape index (κ3) is 3.32. The summed E-state index contributed by atoms with van der Waals surface area (Å²) in [6, 6.07) is 3.58. The lowest BCUT2D eigenvalue weighted by Gasteiger charge is -2.32. The van der Waals surface area contributed by atoms with Crippen LogP contribution in [0.5, 0.6) is 0 Å². The van der Waals surface area contributed by atoms with Crippen molar-refractivity contribution in [3.8, 4) is 0 Å². The van der Waals surface area contributed by atoms with Crippen LogP contribution in [-0.4, -0.2) is 5.38 Å². The van der Waals surface area contributed by atoms with Crippen LogP contribution in [0.15, 0.2) is 29.8 Å². The Morgan fingerprint density at radius 3 is 2.72 bits per heavy atom. The van der Waals surface area contributed by atoms with Crippen LogP contribution in [0.4, 0.5) is 8.78 Å². The monoisotopic (exact) mass is 270 g/mol. The largest absolute Gasteiger partial charge is 0.207 e. The van der Waals surface area contributed by atoms with E-state index in [1.807, 2.05) is 6.08 Å². The summed E-state index contributed by atoms with van der Waals surface area (Å²) in [7, 11) is 0. The maximum Gasteiger partial charge on any atom is 0.126 e. The molecule has 1 aromatic carbocycles. The Bertz CT molecular complexity index is 477. The van der Waals surface area contributed by atoms with E-state index in [0.717, 1.165) is 24.5 Å². The number of rotatable bonds is 2. The number of allylic oxidation sites excluding steroid dienone is 2. The molecule has 0 heterocycles. The zero-order chi connectivity index (χ0) is 13.3. The van der Waals surface area contributed by atoms with Gasteiger partial charge in [-0.1, -0.05) is 25.5 Å². The first-order chi connectivity index (χ1) is 8.35. The van der Waals surface area contributed by atoms with Crippen molar-refractivity contribution in [2.24, 2.45) is 5.41 Å². The summed E-state index contributed by atoms with van der Waals surface area (Å²) >= 11 is 6.19. The number of hydrogen-bond acceptors (Lipinski definition) is 0. The third-order valence-corrected chi connectivity index (χ3v) is 3.58. The van der Waals surface area contributed by atoms with Gasteiger partial charge in [0.2, 0.25) is 0 Å². The highest BCUT2D eigenvalue weighted by Gasteiger charge is 2.27. The van der Waals surface area contributed by atoms with Crippen molar-refractivity contribution >= 4 is 11.6 Å². The SMILES string of the molecule is CC1(C)CC(Cc2cc(F)ccc2F)=CC(Cl)C1. The average molecular weight is 271 g/mol. The first-order valence-electron chi connectivity index (χ1n) is 6.13. The summed E-state index contributed by atoms with van der Waals surface area (Å²) in [5.41, 5.74) is 1.62. The molecule has 0 saturated heterocycles. The zero-order valence-electron chi connectivity index (χ0n) is 10.6. The lowest BCUT2D eigenvalue weighted by molar-refractivity contribution is 0.320. The minimum absolute atomic E-state index is 0.0135. The first-order valence-corrected chi connectivity index (χ1v) is 6.57. The highest BCUT2D eigenvalue weighted by molar-refractivity contribution is 6.21. The molecule has 0 saturated carbocycles. The highest BCUT2D eigenvalue weighted by Crippen LogP contribution is 2.38. The molecule has 0 amide bonds. The summed E-state index contributed by atoms with van der Waals surface area (Å²) in [5, 5.41) is -0.0135. The zero-order valence-corrected chi connectivity index (χ0v) is 11.4. The quantitative estimate of drug-likeness (QED) is 0.532. The Morgan fingerprint density at radius 1 is 1.33 bits per heavy atom. The van der Waals surface area contributed by atoms with Gasteiger partial charge in [0.15, 0.2) is 0 Å². The summed E-state index contributed by atoms with van der Waals surface area (Å²) in [6.07, 6.45) is 4.23. The Labute approximate surface area is 112 Å². The third-order valence-electron chi connectivity index (χ3n) is 3.30. The summed E-state index contributed by atoms with van der Waals surface area (Å²) < 4.78 is 26.7. The van der Waals surface area contributed by atoms with E-state index in [4.69, 9.17) is 11.6 Å². The fourth-order valence-corrected chi connectivity index (χ4v) is 3.23. The molecular formula is C15H17ClF2. The molecule has 0 nitrogen and oxygen atoms in total. The average Bonchev–Trinajstić information content (AvgIpc) is 2.20. The van der Waals surface area contributed by atoms with Gasteiger partial charge in [0.05, 0.1) is 5.38 Å². The van der Waals surface area contributed by atoms with Gasteiger partial charge in [-0.15, -0.1) is 11.6 Å². The lowest BCUT2D eigenvalue weighted by atomic mass is 9.76. The van der Waals surface area contributed by atoms with Gasteiger partial charge >= 0.3 is 0 Å². The number of halogens is 3. The topological polar surface area (TPSA) is 0 Å². The Hall–Kier alpha value is -0.890.